The number of hydrogen-bond donors (Lipinski definition) is 2. The summed E-state index contributed by atoms with van der Waals surface area (Å²) in [5, 5.41) is 11.8. The molecular formula is C6H10N2O2S. The number of hydrogen-bond acceptors (Lipinski definition) is 3. The molecule has 1 rings (SSSR count). The maximum atomic E-state index is 10.7. The second-order valence-corrected chi connectivity index (χ2v) is 3.09. The molecule has 0 spiro atoms. The van der Waals surface area contributed by atoms with Crippen LogP contribution in [0.25, 0.3) is 0 Å². The van der Waals surface area contributed by atoms with Crippen LogP contribution >= 0.6 is 11.8 Å². The summed E-state index contributed by atoms with van der Waals surface area (Å²) in [6.07, 6.45) is 1.77. The second kappa shape index (κ2) is 3.15. The van der Waals surface area contributed by atoms with E-state index >= 15 is 0 Å². The molecule has 0 fully saturated rings. The van der Waals surface area contributed by atoms with Crippen LogP contribution in [0.5, 0.6) is 0 Å². The van der Waals surface area contributed by atoms with Crippen molar-refractivity contribution in [1.29, 1.82) is 0 Å². The number of nitrogens with zero attached hydrogens (tertiary/aromatic N) is 1. The van der Waals surface area contributed by atoms with Gasteiger partial charge in [0, 0.05) is 11.8 Å². The Morgan fingerprint density at radius 1 is 1.82 bits per heavy atom. The summed E-state index contributed by atoms with van der Waals surface area (Å²) >= 11 is 1.25. The third-order valence-electron chi connectivity index (χ3n) is 1.38. The van der Waals surface area contributed by atoms with Crippen molar-refractivity contribution in [3.63, 3.8) is 0 Å². The number of nitrogens with one attached hydrogen (secondary N) is 1. The van der Waals surface area contributed by atoms with Gasteiger partial charge in [0.05, 0.1) is 0 Å². The molecule has 0 bridgehead atoms. The fourth-order valence-corrected chi connectivity index (χ4v) is 1.26. The molecule has 0 radical (unpaired) electrons. The quantitative estimate of drug-likeness (QED) is 0.634. The van der Waals surface area contributed by atoms with Crippen molar-refractivity contribution in [2.24, 2.45) is 0 Å². The van der Waals surface area contributed by atoms with Crippen LogP contribution in [0, 0.1) is 6.92 Å². The molecular weight excluding hydrogens is 164 g/mol. The molecule has 0 saturated carbocycles. The number of aromatic nitrogens is 2. The minimum Gasteiger partial charge on any atom is -0.363 e. The summed E-state index contributed by atoms with van der Waals surface area (Å²) in [5.41, 5.74) is -0.148. The molecule has 1 heterocycles. The van der Waals surface area contributed by atoms with Gasteiger partial charge >= 0.3 is 0 Å². The first-order valence-electron chi connectivity index (χ1n) is 3.14. The topological polar surface area (TPSA) is 58.0 Å². The fraction of sp³-hybridized carbons (Fsp3) is 0.500. The highest BCUT2D eigenvalue weighted by molar-refractivity contribution is 7.98. The zero-order chi connectivity index (χ0) is 8.43. The van der Waals surface area contributed by atoms with Crippen LogP contribution in [-0.4, -0.2) is 21.1 Å². The summed E-state index contributed by atoms with van der Waals surface area (Å²) in [5.74, 6) is 0. The van der Waals surface area contributed by atoms with Gasteiger partial charge in [0.25, 0.3) is 5.56 Å². The van der Waals surface area contributed by atoms with Gasteiger partial charge in [0.2, 0.25) is 0 Å². The molecule has 0 saturated heterocycles. The van der Waals surface area contributed by atoms with Gasteiger partial charge in [-0.25, -0.2) is 0 Å². The second-order valence-electron chi connectivity index (χ2n) is 2.19. The largest absolute Gasteiger partial charge is 0.363 e. The molecule has 0 aliphatic carbocycles. The van der Waals surface area contributed by atoms with Gasteiger partial charge in [0.1, 0.15) is 0 Å². The number of aliphatic hydroxyl groups is 1. The van der Waals surface area contributed by atoms with Crippen molar-refractivity contribution in [2.75, 3.05) is 6.26 Å². The highest BCUT2D eigenvalue weighted by atomic mass is 32.2. The van der Waals surface area contributed by atoms with E-state index in [0.717, 1.165) is 5.69 Å². The van der Waals surface area contributed by atoms with Crippen molar-refractivity contribution in [1.82, 2.24) is 9.78 Å². The van der Waals surface area contributed by atoms with Gasteiger partial charge in [-0.15, -0.1) is 11.8 Å². The molecule has 2 N–H and O–H groups in total. The van der Waals surface area contributed by atoms with Gasteiger partial charge in [-0.05, 0) is 13.2 Å². The minimum atomic E-state index is -0.697. The van der Waals surface area contributed by atoms with Crippen molar-refractivity contribution in [2.45, 2.75) is 12.5 Å². The van der Waals surface area contributed by atoms with E-state index in [1.165, 1.54) is 22.5 Å². The zero-order valence-corrected chi connectivity index (χ0v) is 7.18. The third-order valence-corrected chi connectivity index (χ3v) is 2.01. The Morgan fingerprint density at radius 2 is 2.45 bits per heavy atom. The summed E-state index contributed by atoms with van der Waals surface area (Å²) in [4.78, 5) is 10.7. The highest BCUT2D eigenvalue weighted by Gasteiger charge is 2.06. The monoisotopic (exact) mass is 174 g/mol. The van der Waals surface area contributed by atoms with Crippen LogP contribution in [0.4, 0.5) is 0 Å². The Kier molecular flexibility index (Phi) is 2.41. The summed E-state index contributed by atoms with van der Waals surface area (Å²) in [6, 6.07) is 1.44. The predicted molar refractivity (Wildman–Crippen MR) is 44.6 cm³/mol. The first-order chi connectivity index (χ1) is 5.15. The van der Waals surface area contributed by atoms with Gasteiger partial charge < -0.3 is 5.11 Å². The van der Waals surface area contributed by atoms with Crippen LogP contribution in [0.2, 0.25) is 0 Å². The van der Waals surface area contributed by atoms with E-state index in [0.29, 0.717) is 0 Å². The lowest BCUT2D eigenvalue weighted by Crippen LogP contribution is -2.10. The molecule has 1 aromatic rings. The average molecular weight is 174 g/mol. The number of thioether (sulfide) groups is 1. The van der Waals surface area contributed by atoms with E-state index < -0.39 is 5.56 Å². The Hall–Kier alpha value is -0.680. The minimum absolute atomic E-state index is 0.185. The Balaban J connectivity index is 3.02. The van der Waals surface area contributed by atoms with E-state index in [9.17, 15) is 9.90 Å². The van der Waals surface area contributed by atoms with E-state index in [4.69, 9.17) is 0 Å². The maximum Gasteiger partial charge on any atom is 0.264 e. The summed E-state index contributed by atoms with van der Waals surface area (Å²) < 4.78 is 1.42. The molecule has 0 amide bonds. The van der Waals surface area contributed by atoms with Crippen LogP contribution < -0.4 is 5.56 Å². The number of aliphatic hydroxyl groups excluding tert-OH is 1. The number of H-pyrrole nitrogens is 1. The third kappa shape index (κ3) is 1.66. The molecule has 1 aromatic heterocycles. The van der Waals surface area contributed by atoms with Gasteiger partial charge in [-0.1, -0.05) is 0 Å². The lowest BCUT2D eigenvalue weighted by molar-refractivity contribution is 0.180. The van der Waals surface area contributed by atoms with Crippen molar-refractivity contribution in [3.05, 3.63) is 22.1 Å². The number of aromatic amines is 1. The molecule has 1 unspecified atom stereocenters. The molecule has 0 aliphatic rings. The fourth-order valence-electron chi connectivity index (χ4n) is 0.833. The Labute approximate surface area is 68.2 Å². The molecule has 11 heavy (non-hydrogen) atoms. The van der Waals surface area contributed by atoms with Crippen LogP contribution in [0.1, 0.15) is 11.3 Å². The lowest BCUT2D eigenvalue weighted by atomic mass is 10.5. The van der Waals surface area contributed by atoms with Gasteiger partial charge in [0.15, 0.2) is 5.56 Å². The van der Waals surface area contributed by atoms with Gasteiger partial charge in [-0.3, -0.25) is 14.6 Å². The van der Waals surface area contributed by atoms with Crippen LogP contribution in [0.15, 0.2) is 10.9 Å². The SMILES string of the molecule is CSC(O)n1[nH]c(=O)cc1C. The molecule has 5 heteroatoms. The summed E-state index contributed by atoms with van der Waals surface area (Å²) in [6.45, 7) is 1.76. The number of rotatable bonds is 2. The van der Waals surface area contributed by atoms with Crippen molar-refractivity contribution < 1.29 is 5.11 Å². The maximum absolute atomic E-state index is 10.7. The van der Waals surface area contributed by atoms with E-state index in [2.05, 4.69) is 5.10 Å². The summed E-state index contributed by atoms with van der Waals surface area (Å²) in [7, 11) is 0. The smallest absolute Gasteiger partial charge is 0.264 e. The standard InChI is InChI=1S/C6H10N2O2S/c1-4-3-5(9)7-8(4)6(10)11-2/h3,6,10H,1-2H3,(H,7,9). The molecule has 4 nitrogen and oxygen atoms in total. The molecule has 0 aromatic carbocycles. The van der Waals surface area contributed by atoms with E-state index in [1.807, 2.05) is 0 Å². The first-order valence-corrected chi connectivity index (χ1v) is 4.43. The average Bonchev–Trinajstić information content (AvgIpc) is 2.28. The highest BCUT2D eigenvalue weighted by Crippen LogP contribution is 2.14. The lowest BCUT2D eigenvalue weighted by Gasteiger charge is -2.09. The van der Waals surface area contributed by atoms with Crippen molar-refractivity contribution in [3.8, 4) is 0 Å². The Bertz CT molecular complexity index is 291. The Morgan fingerprint density at radius 3 is 2.82 bits per heavy atom. The molecule has 0 aliphatic heterocycles. The van der Waals surface area contributed by atoms with Gasteiger partial charge in [-0.2, -0.15) is 0 Å². The first kappa shape index (κ1) is 8.42. The van der Waals surface area contributed by atoms with E-state index in [1.54, 1.807) is 13.2 Å². The van der Waals surface area contributed by atoms with Crippen LogP contribution in [-0.2, 0) is 0 Å². The normalized spacial score (nSPS) is 13.4. The molecule has 62 valence electrons. The van der Waals surface area contributed by atoms with Crippen LogP contribution in [0.3, 0.4) is 0 Å². The van der Waals surface area contributed by atoms with E-state index in [-0.39, 0.29) is 5.56 Å². The number of aryl methyl sites for hydroxylation is 1. The predicted octanol–water partition coefficient (Wildman–Crippen LogP) is 0.296. The zero-order valence-electron chi connectivity index (χ0n) is 6.37. The van der Waals surface area contributed by atoms with Crippen molar-refractivity contribution >= 4 is 11.8 Å². The molecule has 1 atom stereocenters.